The lowest BCUT2D eigenvalue weighted by Crippen LogP contribution is -2.45. The molecule has 1 aliphatic heterocycles. The van der Waals surface area contributed by atoms with Gasteiger partial charge in [0.25, 0.3) is 0 Å². The number of piperazine rings is 1. The van der Waals surface area contributed by atoms with Crippen LogP contribution >= 0.6 is 27.5 Å². The molecule has 2 nitrogen and oxygen atoms in total. The average Bonchev–Trinajstić information content (AvgIpc) is 2.52. The molecule has 0 aromatic heterocycles. The van der Waals surface area contributed by atoms with Gasteiger partial charge < -0.3 is 0 Å². The zero-order valence-corrected chi connectivity index (χ0v) is 14.9. The Bertz CT molecular complexity index is 607. The zero-order valence-electron chi connectivity index (χ0n) is 12.5. The summed E-state index contributed by atoms with van der Waals surface area (Å²) >= 11 is 9.54. The molecule has 1 heterocycles. The lowest BCUT2D eigenvalue weighted by Gasteiger charge is -2.34. The minimum absolute atomic E-state index is 0.825. The number of benzene rings is 2. The Labute approximate surface area is 145 Å². The van der Waals surface area contributed by atoms with Gasteiger partial charge in [-0.25, -0.2) is 0 Å². The molecule has 0 atom stereocenters. The fourth-order valence-corrected chi connectivity index (χ4v) is 3.32. The standard InChI is InChI=1S/C18H20BrClN2/c19-17-6-4-15(5-7-17)13-21-8-10-22(11-9-21)14-16-2-1-3-18(20)12-16/h1-7,12H,8-11,13-14H2. The lowest BCUT2D eigenvalue weighted by atomic mass is 10.1. The maximum absolute atomic E-state index is 6.06. The van der Waals surface area contributed by atoms with Crippen molar-refractivity contribution in [1.29, 1.82) is 0 Å². The van der Waals surface area contributed by atoms with Crippen molar-refractivity contribution in [3.05, 3.63) is 69.2 Å². The van der Waals surface area contributed by atoms with Gasteiger partial charge in [0.2, 0.25) is 0 Å². The van der Waals surface area contributed by atoms with Crippen LogP contribution in [0.1, 0.15) is 11.1 Å². The summed E-state index contributed by atoms with van der Waals surface area (Å²) in [6.45, 7) is 6.50. The Morgan fingerprint density at radius 1 is 0.818 bits per heavy atom. The number of halogens is 2. The maximum atomic E-state index is 6.06. The summed E-state index contributed by atoms with van der Waals surface area (Å²) in [5.41, 5.74) is 2.68. The van der Waals surface area contributed by atoms with Gasteiger partial charge in [-0.2, -0.15) is 0 Å². The van der Waals surface area contributed by atoms with E-state index in [-0.39, 0.29) is 0 Å². The SMILES string of the molecule is Clc1cccc(CN2CCN(Cc3ccc(Br)cc3)CC2)c1. The molecular formula is C18H20BrClN2. The van der Waals surface area contributed by atoms with Crippen molar-refractivity contribution in [3.63, 3.8) is 0 Å². The molecule has 0 radical (unpaired) electrons. The van der Waals surface area contributed by atoms with Crippen molar-refractivity contribution in [2.45, 2.75) is 13.1 Å². The van der Waals surface area contributed by atoms with E-state index in [1.807, 2.05) is 12.1 Å². The molecule has 22 heavy (non-hydrogen) atoms. The zero-order chi connectivity index (χ0) is 15.4. The Kier molecular flexibility index (Phi) is 5.53. The van der Waals surface area contributed by atoms with Gasteiger partial charge in [-0.3, -0.25) is 9.80 Å². The minimum atomic E-state index is 0.825. The first-order valence-corrected chi connectivity index (χ1v) is 8.80. The number of rotatable bonds is 4. The topological polar surface area (TPSA) is 6.48 Å². The predicted molar refractivity (Wildman–Crippen MR) is 96.1 cm³/mol. The molecule has 0 saturated carbocycles. The summed E-state index contributed by atoms with van der Waals surface area (Å²) in [7, 11) is 0. The summed E-state index contributed by atoms with van der Waals surface area (Å²) in [6, 6.07) is 16.8. The summed E-state index contributed by atoms with van der Waals surface area (Å²) in [5, 5.41) is 0.825. The van der Waals surface area contributed by atoms with Crippen LogP contribution < -0.4 is 0 Å². The van der Waals surface area contributed by atoms with E-state index in [9.17, 15) is 0 Å². The third kappa shape index (κ3) is 4.56. The van der Waals surface area contributed by atoms with Crippen molar-refractivity contribution in [1.82, 2.24) is 9.80 Å². The molecule has 0 bridgehead atoms. The fourth-order valence-electron chi connectivity index (χ4n) is 2.85. The van der Waals surface area contributed by atoms with Gasteiger partial charge in [0.1, 0.15) is 0 Å². The van der Waals surface area contributed by atoms with Crippen molar-refractivity contribution in [2.24, 2.45) is 0 Å². The first-order chi connectivity index (χ1) is 10.7. The van der Waals surface area contributed by atoms with Gasteiger partial charge >= 0.3 is 0 Å². The van der Waals surface area contributed by atoms with Crippen LogP contribution in [-0.2, 0) is 13.1 Å². The highest BCUT2D eigenvalue weighted by molar-refractivity contribution is 9.10. The highest BCUT2D eigenvalue weighted by atomic mass is 79.9. The van der Waals surface area contributed by atoms with E-state index in [1.54, 1.807) is 0 Å². The molecular weight excluding hydrogens is 360 g/mol. The van der Waals surface area contributed by atoms with Crippen molar-refractivity contribution < 1.29 is 0 Å². The normalized spacial score (nSPS) is 16.8. The molecule has 1 aliphatic rings. The van der Waals surface area contributed by atoms with Crippen LogP contribution in [0.5, 0.6) is 0 Å². The van der Waals surface area contributed by atoms with Gasteiger partial charge in [0, 0.05) is 48.8 Å². The largest absolute Gasteiger partial charge is 0.297 e. The molecule has 0 amide bonds. The molecule has 1 fully saturated rings. The molecule has 2 aromatic rings. The molecule has 3 rings (SSSR count). The smallest absolute Gasteiger partial charge is 0.0409 e. The Balaban J connectivity index is 1.49. The average molecular weight is 380 g/mol. The van der Waals surface area contributed by atoms with E-state index < -0.39 is 0 Å². The molecule has 116 valence electrons. The molecule has 0 unspecified atom stereocenters. The van der Waals surface area contributed by atoms with Gasteiger partial charge in [0.05, 0.1) is 0 Å². The summed E-state index contributed by atoms with van der Waals surface area (Å²) < 4.78 is 1.14. The van der Waals surface area contributed by atoms with E-state index in [2.05, 4.69) is 62.1 Å². The van der Waals surface area contributed by atoms with Crippen molar-refractivity contribution >= 4 is 27.5 Å². The maximum Gasteiger partial charge on any atom is 0.0409 e. The van der Waals surface area contributed by atoms with Gasteiger partial charge in [-0.05, 0) is 35.4 Å². The van der Waals surface area contributed by atoms with E-state index in [4.69, 9.17) is 11.6 Å². The van der Waals surface area contributed by atoms with Crippen molar-refractivity contribution in [3.8, 4) is 0 Å². The second-order valence-electron chi connectivity index (χ2n) is 5.81. The van der Waals surface area contributed by atoms with Crippen molar-refractivity contribution in [2.75, 3.05) is 26.2 Å². The van der Waals surface area contributed by atoms with Crippen LogP contribution in [0.25, 0.3) is 0 Å². The quantitative estimate of drug-likeness (QED) is 0.776. The van der Waals surface area contributed by atoms with E-state index in [1.165, 1.54) is 11.1 Å². The Hall–Kier alpha value is -0.870. The number of hydrogen-bond donors (Lipinski definition) is 0. The van der Waals surface area contributed by atoms with E-state index in [0.717, 1.165) is 48.8 Å². The highest BCUT2D eigenvalue weighted by Crippen LogP contribution is 2.16. The highest BCUT2D eigenvalue weighted by Gasteiger charge is 2.17. The van der Waals surface area contributed by atoms with Crippen LogP contribution in [0.15, 0.2) is 53.0 Å². The minimum Gasteiger partial charge on any atom is -0.297 e. The second kappa shape index (κ2) is 7.60. The van der Waals surface area contributed by atoms with Gasteiger partial charge in [0.15, 0.2) is 0 Å². The molecule has 2 aromatic carbocycles. The predicted octanol–water partition coefficient (Wildman–Crippen LogP) is 4.42. The molecule has 0 aliphatic carbocycles. The monoisotopic (exact) mass is 378 g/mol. The third-order valence-corrected chi connectivity index (χ3v) is 4.84. The second-order valence-corrected chi connectivity index (χ2v) is 7.16. The molecule has 1 saturated heterocycles. The Morgan fingerprint density at radius 2 is 1.41 bits per heavy atom. The Morgan fingerprint density at radius 3 is 2.00 bits per heavy atom. The molecule has 0 spiro atoms. The van der Waals surface area contributed by atoms with Crippen LogP contribution in [0.3, 0.4) is 0 Å². The first-order valence-electron chi connectivity index (χ1n) is 7.63. The van der Waals surface area contributed by atoms with E-state index in [0.29, 0.717) is 0 Å². The van der Waals surface area contributed by atoms with E-state index >= 15 is 0 Å². The lowest BCUT2D eigenvalue weighted by molar-refractivity contribution is 0.122. The van der Waals surface area contributed by atoms with Crippen LogP contribution in [0, 0.1) is 0 Å². The van der Waals surface area contributed by atoms with Crippen LogP contribution in [0.4, 0.5) is 0 Å². The van der Waals surface area contributed by atoms with Crippen LogP contribution in [-0.4, -0.2) is 36.0 Å². The number of hydrogen-bond acceptors (Lipinski definition) is 2. The van der Waals surface area contributed by atoms with Gasteiger partial charge in [-0.1, -0.05) is 51.8 Å². The molecule has 4 heteroatoms. The fraction of sp³-hybridized carbons (Fsp3) is 0.333. The first kappa shape index (κ1) is 16.0. The van der Waals surface area contributed by atoms with Crippen LogP contribution in [0.2, 0.25) is 5.02 Å². The summed E-state index contributed by atoms with van der Waals surface area (Å²) in [6.07, 6.45) is 0. The summed E-state index contributed by atoms with van der Waals surface area (Å²) in [5.74, 6) is 0. The molecule has 0 N–H and O–H groups in total. The summed E-state index contributed by atoms with van der Waals surface area (Å²) in [4.78, 5) is 5.03. The number of nitrogens with zero attached hydrogens (tertiary/aromatic N) is 2. The van der Waals surface area contributed by atoms with Gasteiger partial charge in [-0.15, -0.1) is 0 Å². The third-order valence-electron chi connectivity index (χ3n) is 4.08.